The van der Waals surface area contributed by atoms with Gasteiger partial charge in [-0.15, -0.1) is 0 Å². The van der Waals surface area contributed by atoms with E-state index in [9.17, 15) is 9.59 Å². The summed E-state index contributed by atoms with van der Waals surface area (Å²) in [4.78, 5) is 31.2. The van der Waals surface area contributed by atoms with Gasteiger partial charge in [-0.25, -0.2) is 4.79 Å². The minimum atomic E-state index is -0.456. The van der Waals surface area contributed by atoms with Gasteiger partial charge in [0.05, 0.1) is 12.2 Å². The molecule has 1 amide bonds. The molecular weight excluding hydrogens is 387 g/mol. The van der Waals surface area contributed by atoms with Crippen molar-refractivity contribution in [3.05, 3.63) is 63.6 Å². The number of fused-ring (bicyclic) bond motifs is 1. The number of oxime groups is 1. The van der Waals surface area contributed by atoms with Crippen LogP contribution in [0.3, 0.4) is 0 Å². The molecule has 0 saturated carbocycles. The first-order valence-electron chi connectivity index (χ1n) is 8.65. The van der Waals surface area contributed by atoms with Gasteiger partial charge in [-0.05, 0) is 24.6 Å². The standard InChI is InChI=1S/C20H18Cl2N2O3/c1-2-3-11-18(25)27-23-19-13-7-4-5-10-17(13)24(20(19)26)12-14-15(21)8-6-9-16(14)22/h4-10H,2-3,11-12H2,1H3/b23-19-. The average molecular weight is 405 g/mol. The topological polar surface area (TPSA) is 59.0 Å². The van der Waals surface area contributed by atoms with Crippen molar-refractivity contribution in [2.24, 2.45) is 5.16 Å². The highest BCUT2D eigenvalue weighted by molar-refractivity contribution is 6.54. The van der Waals surface area contributed by atoms with Gasteiger partial charge in [0, 0.05) is 27.6 Å². The minimum absolute atomic E-state index is 0.0959. The van der Waals surface area contributed by atoms with Crippen molar-refractivity contribution in [3.8, 4) is 0 Å². The number of amides is 1. The van der Waals surface area contributed by atoms with Gasteiger partial charge in [-0.1, -0.05) is 66.0 Å². The highest BCUT2D eigenvalue weighted by Crippen LogP contribution is 2.34. The summed E-state index contributed by atoms with van der Waals surface area (Å²) in [5.74, 6) is -0.822. The molecule has 140 valence electrons. The maximum Gasteiger partial charge on any atom is 0.335 e. The quantitative estimate of drug-likeness (QED) is 0.503. The first-order valence-corrected chi connectivity index (χ1v) is 9.40. The molecule has 3 rings (SSSR count). The molecule has 0 saturated heterocycles. The third kappa shape index (κ3) is 4.15. The van der Waals surface area contributed by atoms with Crippen molar-refractivity contribution in [1.29, 1.82) is 0 Å². The number of hydrogen-bond acceptors (Lipinski definition) is 4. The number of anilines is 1. The van der Waals surface area contributed by atoms with Crippen molar-refractivity contribution in [3.63, 3.8) is 0 Å². The third-order valence-electron chi connectivity index (χ3n) is 4.25. The summed E-state index contributed by atoms with van der Waals surface area (Å²) in [5.41, 5.74) is 2.01. The summed E-state index contributed by atoms with van der Waals surface area (Å²) < 4.78 is 0. The van der Waals surface area contributed by atoms with E-state index in [1.807, 2.05) is 13.0 Å². The van der Waals surface area contributed by atoms with Crippen molar-refractivity contribution in [2.45, 2.75) is 32.7 Å². The van der Waals surface area contributed by atoms with E-state index in [1.165, 1.54) is 4.90 Å². The molecule has 0 unspecified atom stereocenters. The molecule has 0 aliphatic carbocycles. The van der Waals surface area contributed by atoms with Crippen LogP contribution in [0, 0.1) is 0 Å². The lowest BCUT2D eigenvalue weighted by Gasteiger charge is -2.18. The summed E-state index contributed by atoms with van der Waals surface area (Å²) in [7, 11) is 0. The first-order chi connectivity index (χ1) is 13.0. The van der Waals surface area contributed by atoms with Gasteiger partial charge in [0.2, 0.25) is 0 Å². The molecule has 2 aromatic rings. The number of benzene rings is 2. The van der Waals surface area contributed by atoms with Gasteiger partial charge in [-0.2, -0.15) is 0 Å². The summed E-state index contributed by atoms with van der Waals surface area (Å²) >= 11 is 12.5. The van der Waals surface area contributed by atoms with Crippen LogP contribution in [0.15, 0.2) is 47.6 Å². The van der Waals surface area contributed by atoms with E-state index in [1.54, 1.807) is 36.4 Å². The Labute approximate surface area is 167 Å². The fourth-order valence-corrected chi connectivity index (χ4v) is 3.33. The number of rotatable bonds is 6. The minimum Gasteiger partial charge on any atom is -0.317 e. The Balaban J connectivity index is 1.89. The average Bonchev–Trinajstić information content (AvgIpc) is 2.92. The lowest BCUT2D eigenvalue weighted by atomic mass is 10.1. The van der Waals surface area contributed by atoms with Crippen LogP contribution in [0.2, 0.25) is 10.0 Å². The summed E-state index contributed by atoms with van der Waals surface area (Å²) in [5, 5.41) is 4.80. The Hall–Kier alpha value is -2.37. The molecular formula is C20H18Cl2N2O3. The lowest BCUT2D eigenvalue weighted by Crippen LogP contribution is -2.30. The van der Waals surface area contributed by atoms with E-state index in [0.717, 1.165) is 6.42 Å². The maximum absolute atomic E-state index is 12.9. The van der Waals surface area contributed by atoms with Crippen LogP contribution in [0.4, 0.5) is 5.69 Å². The molecule has 7 heteroatoms. The van der Waals surface area contributed by atoms with Gasteiger partial charge in [0.25, 0.3) is 5.91 Å². The Kier molecular flexibility index (Phi) is 6.14. The lowest BCUT2D eigenvalue weighted by molar-refractivity contribution is -0.143. The molecule has 0 aromatic heterocycles. The number of carbonyl (C=O) groups is 2. The van der Waals surface area contributed by atoms with Crippen LogP contribution in [0.5, 0.6) is 0 Å². The number of hydrogen-bond donors (Lipinski definition) is 0. The summed E-state index contributed by atoms with van der Waals surface area (Å²) in [6.07, 6.45) is 1.85. The molecule has 0 fully saturated rings. The molecule has 1 aliphatic heterocycles. The second kappa shape index (κ2) is 8.55. The van der Waals surface area contributed by atoms with Gasteiger partial charge in [0.15, 0.2) is 5.71 Å². The Bertz CT molecular complexity index is 892. The molecule has 1 heterocycles. The maximum atomic E-state index is 12.9. The van der Waals surface area contributed by atoms with Crippen LogP contribution in [-0.2, 0) is 21.0 Å². The Morgan fingerprint density at radius 2 is 1.81 bits per heavy atom. The van der Waals surface area contributed by atoms with Crippen LogP contribution in [0.25, 0.3) is 0 Å². The predicted octanol–water partition coefficient (Wildman–Crippen LogP) is 4.98. The summed E-state index contributed by atoms with van der Waals surface area (Å²) in [6, 6.07) is 12.4. The van der Waals surface area contributed by atoms with E-state index in [0.29, 0.717) is 33.3 Å². The second-order valence-corrected chi connectivity index (χ2v) is 6.93. The van der Waals surface area contributed by atoms with Crippen molar-refractivity contribution in [1.82, 2.24) is 0 Å². The highest BCUT2D eigenvalue weighted by Gasteiger charge is 2.35. The Morgan fingerprint density at radius 1 is 1.11 bits per heavy atom. The highest BCUT2D eigenvalue weighted by atomic mass is 35.5. The largest absolute Gasteiger partial charge is 0.335 e. The van der Waals surface area contributed by atoms with Crippen LogP contribution < -0.4 is 4.90 Å². The SMILES string of the molecule is CCCCC(=O)O/N=C1\C(=O)N(Cc2c(Cl)cccc2Cl)c2ccccc21. The Morgan fingerprint density at radius 3 is 2.52 bits per heavy atom. The van der Waals surface area contributed by atoms with Crippen LogP contribution in [0.1, 0.15) is 37.3 Å². The van der Waals surface area contributed by atoms with Crippen molar-refractivity contribution >= 4 is 46.5 Å². The van der Waals surface area contributed by atoms with Gasteiger partial charge in [0.1, 0.15) is 0 Å². The fourth-order valence-electron chi connectivity index (χ4n) is 2.81. The van der Waals surface area contributed by atoms with Gasteiger partial charge < -0.3 is 9.74 Å². The zero-order valence-electron chi connectivity index (χ0n) is 14.7. The zero-order chi connectivity index (χ0) is 19.4. The van der Waals surface area contributed by atoms with Gasteiger partial charge >= 0.3 is 5.97 Å². The van der Waals surface area contributed by atoms with E-state index >= 15 is 0 Å². The number of carbonyl (C=O) groups excluding carboxylic acids is 2. The smallest absolute Gasteiger partial charge is 0.317 e. The zero-order valence-corrected chi connectivity index (χ0v) is 16.3. The van der Waals surface area contributed by atoms with E-state index in [2.05, 4.69) is 5.16 Å². The van der Waals surface area contributed by atoms with Crippen LogP contribution in [-0.4, -0.2) is 17.6 Å². The number of para-hydroxylation sites is 1. The summed E-state index contributed by atoms with van der Waals surface area (Å²) in [6.45, 7) is 2.17. The fraction of sp³-hybridized carbons (Fsp3) is 0.250. The monoisotopic (exact) mass is 404 g/mol. The molecule has 0 N–H and O–H groups in total. The van der Waals surface area contributed by atoms with Crippen LogP contribution >= 0.6 is 23.2 Å². The molecule has 0 radical (unpaired) electrons. The normalized spacial score (nSPS) is 14.6. The number of unbranched alkanes of at least 4 members (excludes halogenated alkanes) is 1. The molecule has 1 aliphatic rings. The second-order valence-electron chi connectivity index (χ2n) is 6.12. The van der Waals surface area contributed by atoms with E-state index in [-0.39, 0.29) is 24.6 Å². The molecule has 0 atom stereocenters. The first kappa shape index (κ1) is 19.4. The van der Waals surface area contributed by atoms with E-state index in [4.69, 9.17) is 28.0 Å². The van der Waals surface area contributed by atoms with Crippen molar-refractivity contribution < 1.29 is 14.4 Å². The van der Waals surface area contributed by atoms with Gasteiger partial charge in [-0.3, -0.25) is 4.79 Å². The molecule has 2 aromatic carbocycles. The molecule has 5 nitrogen and oxygen atoms in total. The number of halogens is 2. The molecule has 0 bridgehead atoms. The predicted molar refractivity (Wildman–Crippen MR) is 106 cm³/mol. The third-order valence-corrected chi connectivity index (χ3v) is 4.96. The van der Waals surface area contributed by atoms with Crippen molar-refractivity contribution in [2.75, 3.05) is 4.90 Å². The number of nitrogens with zero attached hydrogens (tertiary/aromatic N) is 2. The molecule has 27 heavy (non-hydrogen) atoms. The van der Waals surface area contributed by atoms with E-state index < -0.39 is 5.97 Å². The molecule has 0 spiro atoms.